The van der Waals surface area contributed by atoms with Gasteiger partial charge in [-0.1, -0.05) is 6.92 Å². The minimum Gasteiger partial charge on any atom is -0.384 e. The van der Waals surface area contributed by atoms with Crippen LogP contribution in [0.25, 0.3) is 0 Å². The van der Waals surface area contributed by atoms with E-state index in [4.69, 9.17) is 11.1 Å². The summed E-state index contributed by atoms with van der Waals surface area (Å²) < 4.78 is 0. The van der Waals surface area contributed by atoms with Crippen molar-refractivity contribution in [1.29, 1.82) is 5.41 Å². The Balaban J connectivity index is 2.26. The van der Waals surface area contributed by atoms with E-state index in [2.05, 4.69) is 23.7 Å². The topological polar surface area (TPSA) is 66.0 Å². The highest BCUT2D eigenvalue weighted by atomic mass is 32.2. The molecule has 5 heteroatoms. The van der Waals surface area contributed by atoms with E-state index in [9.17, 15) is 0 Å². The lowest BCUT2D eigenvalue weighted by atomic mass is 10.2. The van der Waals surface area contributed by atoms with E-state index in [1.165, 1.54) is 0 Å². The van der Waals surface area contributed by atoms with Gasteiger partial charge in [-0.25, -0.2) is 4.98 Å². The Morgan fingerprint density at radius 1 is 1.59 bits per heavy atom. The van der Waals surface area contributed by atoms with Gasteiger partial charge in [0, 0.05) is 35.3 Å². The number of anilines is 1. The van der Waals surface area contributed by atoms with Gasteiger partial charge in [0.2, 0.25) is 0 Å². The van der Waals surface area contributed by atoms with E-state index in [1.807, 2.05) is 17.8 Å². The van der Waals surface area contributed by atoms with Crippen molar-refractivity contribution in [2.75, 3.05) is 17.2 Å². The zero-order valence-electron chi connectivity index (χ0n) is 10.2. The summed E-state index contributed by atoms with van der Waals surface area (Å²) in [6, 6.07) is 4.14. The number of nitrogens with one attached hydrogen (secondary N) is 1. The lowest BCUT2D eigenvalue weighted by Gasteiger charge is -2.38. The highest BCUT2D eigenvalue weighted by molar-refractivity contribution is 8.00. The molecule has 92 valence electrons. The first kappa shape index (κ1) is 12.2. The van der Waals surface area contributed by atoms with Crippen LogP contribution >= 0.6 is 11.8 Å². The Morgan fingerprint density at radius 3 is 3.06 bits per heavy atom. The van der Waals surface area contributed by atoms with Crippen LogP contribution in [0.1, 0.15) is 19.4 Å². The number of nitrogens with two attached hydrogens (primary N) is 1. The summed E-state index contributed by atoms with van der Waals surface area (Å²) in [5.74, 6) is 2.15. The van der Waals surface area contributed by atoms with Gasteiger partial charge < -0.3 is 10.6 Å². The summed E-state index contributed by atoms with van der Waals surface area (Å²) in [4.78, 5) is 6.69. The van der Waals surface area contributed by atoms with E-state index >= 15 is 0 Å². The minimum atomic E-state index is 0.0979. The molecule has 1 aliphatic heterocycles. The summed E-state index contributed by atoms with van der Waals surface area (Å²) in [5, 5.41) is 8.07. The molecule has 4 nitrogen and oxygen atoms in total. The SMILES string of the molecule is CC1SCCN(c2cc(C(=N)N)ccn2)C1C. The number of nitrogen functional groups attached to an aromatic ring is 1. The van der Waals surface area contributed by atoms with E-state index in [0.29, 0.717) is 11.3 Å². The molecule has 2 rings (SSSR count). The fourth-order valence-electron chi connectivity index (χ4n) is 2.00. The van der Waals surface area contributed by atoms with Crippen LogP contribution in [0.3, 0.4) is 0 Å². The largest absolute Gasteiger partial charge is 0.384 e. The highest BCUT2D eigenvalue weighted by Gasteiger charge is 2.26. The van der Waals surface area contributed by atoms with Gasteiger partial charge in [0.05, 0.1) is 0 Å². The molecule has 1 saturated heterocycles. The predicted molar refractivity (Wildman–Crippen MR) is 74.0 cm³/mol. The maximum Gasteiger partial charge on any atom is 0.129 e. The molecule has 1 aliphatic rings. The normalized spacial score (nSPS) is 24.7. The van der Waals surface area contributed by atoms with Crippen LogP contribution in [-0.4, -0.2) is 34.4 Å². The molecule has 2 unspecified atom stereocenters. The first-order valence-electron chi connectivity index (χ1n) is 5.78. The second-order valence-corrected chi connectivity index (χ2v) is 5.81. The Labute approximate surface area is 106 Å². The zero-order valence-corrected chi connectivity index (χ0v) is 11.0. The van der Waals surface area contributed by atoms with Crippen molar-refractivity contribution in [3.8, 4) is 0 Å². The van der Waals surface area contributed by atoms with Gasteiger partial charge in [-0.3, -0.25) is 5.41 Å². The first-order valence-corrected chi connectivity index (χ1v) is 6.83. The van der Waals surface area contributed by atoms with Crippen LogP contribution in [0.15, 0.2) is 18.3 Å². The van der Waals surface area contributed by atoms with Gasteiger partial charge in [0.1, 0.15) is 11.7 Å². The molecule has 0 saturated carbocycles. The number of nitrogens with zero attached hydrogens (tertiary/aromatic N) is 2. The number of aromatic nitrogens is 1. The molecule has 0 radical (unpaired) electrons. The average molecular weight is 250 g/mol. The molecule has 3 N–H and O–H groups in total. The highest BCUT2D eigenvalue weighted by Crippen LogP contribution is 2.28. The number of thioether (sulfide) groups is 1. The second kappa shape index (κ2) is 4.96. The maximum atomic E-state index is 7.46. The Morgan fingerprint density at radius 2 is 2.35 bits per heavy atom. The molecule has 1 aromatic heterocycles. The van der Waals surface area contributed by atoms with Crippen LogP contribution < -0.4 is 10.6 Å². The maximum absolute atomic E-state index is 7.46. The molecular formula is C12H18N4S. The third-order valence-electron chi connectivity index (χ3n) is 3.23. The van der Waals surface area contributed by atoms with Gasteiger partial charge >= 0.3 is 0 Å². The van der Waals surface area contributed by atoms with Crippen molar-refractivity contribution < 1.29 is 0 Å². The third kappa shape index (κ3) is 2.54. The van der Waals surface area contributed by atoms with E-state index < -0.39 is 0 Å². The van der Waals surface area contributed by atoms with Crippen LogP contribution in [-0.2, 0) is 0 Å². The summed E-state index contributed by atoms with van der Waals surface area (Å²) in [7, 11) is 0. The quantitative estimate of drug-likeness (QED) is 0.619. The number of amidine groups is 1. The first-order chi connectivity index (χ1) is 8.09. The molecular weight excluding hydrogens is 232 g/mol. The van der Waals surface area contributed by atoms with Gasteiger partial charge in [0.15, 0.2) is 0 Å². The fraction of sp³-hybridized carbons (Fsp3) is 0.500. The van der Waals surface area contributed by atoms with Crippen LogP contribution in [0.4, 0.5) is 5.82 Å². The van der Waals surface area contributed by atoms with Crippen LogP contribution in [0, 0.1) is 5.41 Å². The molecule has 0 aliphatic carbocycles. The van der Waals surface area contributed by atoms with Crippen molar-refractivity contribution in [2.45, 2.75) is 25.1 Å². The fourth-order valence-corrected chi connectivity index (χ4v) is 3.10. The molecule has 1 aromatic rings. The standard InChI is InChI=1S/C12H18N4S/c1-8-9(2)17-6-5-16(8)11-7-10(12(13)14)3-4-15-11/h3-4,7-9H,5-6H2,1-2H3,(H3,13,14). The summed E-state index contributed by atoms with van der Waals surface area (Å²) >= 11 is 2.00. The summed E-state index contributed by atoms with van der Waals surface area (Å²) in [5.41, 5.74) is 6.25. The molecule has 2 atom stereocenters. The summed E-state index contributed by atoms with van der Waals surface area (Å²) in [6.45, 7) is 5.47. The van der Waals surface area contributed by atoms with Gasteiger partial charge in [-0.15, -0.1) is 0 Å². The van der Waals surface area contributed by atoms with Crippen molar-refractivity contribution in [2.24, 2.45) is 5.73 Å². The molecule has 0 aromatic carbocycles. The average Bonchev–Trinajstić information content (AvgIpc) is 2.33. The molecule has 2 heterocycles. The molecule has 17 heavy (non-hydrogen) atoms. The second-order valence-electron chi connectivity index (χ2n) is 4.33. The molecule has 0 amide bonds. The van der Waals surface area contributed by atoms with Gasteiger partial charge in [-0.05, 0) is 19.1 Å². The van der Waals surface area contributed by atoms with Crippen LogP contribution in [0.5, 0.6) is 0 Å². The Kier molecular flexibility index (Phi) is 3.57. The van der Waals surface area contributed by atoms with Crippen LogP contribution in [0.2, 0.25) is 0 Å². The number of rotatable bonds is 2. The Bertz CT molecular complexity index is 421. The lowest BCUT2D eigenvalue weighted by Crippen LogP contribution is -2.45. The van der Waals surface area contributed by atoms with E-state index in [1.54, 1.807) is 12.3 Å². The predicted octanol–water partition coefficient (Wildman–Crippen LogP) is 1.70. The molecule has 0 spiro atoms. The van der Waals surface area contributed by atoms with Crippen molar-refractivity contribution >= 4 is 23.4 Å². The molecule has 0 bridgehead atoms. The third-order valence-corrected chi connectivity index (χ3v) is 4.57. The monoisotopic (exact) mass is 250 g/mol. The smallest absolute Gasteiger partial charge is 0.129 e. The lowest BCUT2D eigenvalue weighted by molar-refractivity contribution is 0.620. The Hall–Kier alpha value is -1.23. The number of pyridine rings is 1. The molecule has 1 fully saturated rings. The zero-order chi connectivity index (χ0) is 12.4. The minimum absolute atomic E-state index is 0.0979. The van der Waals surface area contributed by atoms with Gasteiger partial charge in [-0.2, -0.15) is 11.8 Å². The number of hydrogen-bond donors (Lipinski definition) is 2. The van der Waals surface area contributed by atoms with Crippen molar-refractivity contribution in [1.82, 2.24) is 4.98 Å². The van der Waals surface area contributed by atoms with Crippen molar-refractivity contribution in [3.63, 3.8) is 0 Å². The van der Waals surface area contributed by atoms with Gasteiger partial charge in [0.25, 0.3) is 0 Å². The van der Waals surface area contributed by atoms with E-state index in [0.717, 1.165) is 23.7 Å². The number of hydrogen-bond acceptors (Lipinski definition) is 4. The van der Waals surface area contributed by atoms with E-state index in [-0.39, 0.29) is 5.84 Å². The summed E-state index contributed by atoms with van der Waals surface area (Å²) in [6.07, 6.45) is 1.73. The van der Waals surface area contributed by atoms with Crippen molar-refractivity contribution in [3.05, 3.63) is 23.9 Å².